The average molecular weight is 312 g/mol. The van der Waals surface area contributed by atoms with Crippen LogP contribution in [0.15, 0.2) is 29.2 Å². The van der Waals surface area contributed by atoms with Gasteiger partial charge in [0.05, 0.1) is 0 Å². The summed E-state index contributed by atoms with van der Waals surface area (Å²) in [5, 5.41) is 11.5. The van der Waals surface area contributed by atoms with E-state index in [4.69, 9.17) is 5.11 Å². The number of aryl methyl sites for hydroxylation is 1. The quantitative estimate of drug-likeness (QED) is 0.709. The third-order valence-electron chi connectivity index (χ3n) is 2.95. The third-order valence-corrected chi connectivity index (χ3v) is 3.59. The Morgan fingerprint density at radius 2 is 2.19 bits per heavy atom. The molecular weight excluding hydrogens is 292 g/mol. The lowest BCUT2D eigenvalue weighted by Gasteiger charge is -2.14. The van der Waals surface area contributed by atoms with Crippen LogP contribution in [-0.4, -0.2) is 39.6 Å². The Balaban J connectivity index is 2.37. The van der Waals surface area contributed by atoms with Crippen molar-refractivity contribution in [2.24, 2.45) is 0 Å². The fraction of sp³-hybridized carbons (Fsp3) is 0.500. The van der Waals surface area contributed by atoms with Crippen molar-refractivity contribution >= 4 is 23.6 Å². The van der Waals surface area contributed by atoms with Crippen molar-refractivity contribution in [2.45, 2.75) is 31.8 Å². The standard InChI is InChI=1S/C14H20N2O4S/c1-21-10-7-11(14(19)20)15-12(17)5-4-9-16-8-3-2-6-13(16)18/h2-3,6,8,11H,4-5,7,9-10H2,1H3,(H,15,17)(H,19,20). The van der Waals surface area contributed by atoms with Gasteiger partial charge in [-0.25, -0.2) is 4.79 Å². The van der Waals surface area contributed by atoms with Crippen molar-refractivity contribution in [2.75, 3.05) is 12.0 Å². The summed E-state index contributed by atoms with van der Waals surface area (Å²) in [7, 11) is 0. The van der Waals surface area contributed by atoms with E-state index in [1.165, 1.54) is 22.4 Å². The molecule has 0 aromatic carbocycles. The third kappa shape index (κ3) is 6.48. The van der Waals surface area contributed by atoms with Crippen LogP contribution in [0.25, 0.3) is 0 Å². The zero-order chi connectivity index (χ0) is 15.7. The molecule has 0 saturated carbocycles. The molecule has 0 aliphatic carbocycles. The molecule has 1 unspecified atom stereocenters. The number of nitrogens with zero attached hydrogens (tertiary/aromatic N) is 1. The summed E-state index contributed by atoms with van der Waals surface area (Å²) in [5.74, 6) is -0.638. The minimum atomic E-state index is -1.02. The van der Waals surface area contributed by atoms with E-state index in [-0.39, 0.29) is 17.9 Å². The van der Waals surface area contributed by atoms with Crippen LogP contribution < -0.4 is 10.9 Å². The summed E-state index contributed by atoms with van der Waals surface area (Å²) in [6.45, 7) is 0.440. The second kappa shape index (κ2) is 9.23. The Kier molecular flexibility index (Phi) is 7.60. The van der Waals surface area contributed by atoms with Crippen molar-refractivity contribution in [1.29, 1.82) is 0 Å². The number of amides is 1. The molecule has 1 aromatic rings. The average Bonchev–Trinajstić information content (AvgIpc) is 2.45. The van der Waals surface area contributed by atoms with E-state index in [2.05, 4.69) is 5.32 Å². The number of carbonyl (C=O) groups excluding carboxylic acids is 1. The molecule has 0 spiro atoms. The highest BCUT2D eigenvalue weighted by Gasteiger charge is 2.18. The van der Waals surface area contributed by atoms with Crippen LogP contribution in [0, 0.1) is 0 Å². The topological polar surface area (TPSA) is 88.4 Å². The number of carboxylic acid groups (broad SMARTS) is 1. The highest BCUT2D eigenvalue weighted by molar-refractivity contribution is 7.98. The van der Waals surface area contributed by atoms with Gasteiger partial charge in [-0.1, -0.05) is 6.07 Å². The van der Waals surface area contributed by atoms with Gasteiger partial charge < -0.3 is 15.0 Å². The Labute approximate surface area is 127 Å². The molecule has 0 saturated heterocycles. The summed E-state index contributed by atoms with van der Waals surface area (Å²) in [5.41, 5.74) is -0.110. The maximum atomic E-state index is 11.7. The van der Waals surface area contributed by atoms with Crippen molar-refractivity contribution in [3.63, 3.8) is 0 Å². The summed E-state index contributed by atoms with van der Waals surface area (Å²) < 4.78 is 1.52. The number of aliphatic carboxylic acids is 1. The van der Waals surface area contributed by atoms with Gasteiger partial charge in [0, 0.05) is 25.2 Å². The van der Waals surface area contributed by atoms with E-state index in [0.717, 1.165) is 0 Å². The van der Waals surface area contributed by atoms with Gasteiger partial charge in [0.25, 0.3) is 0 Å². The zero-order valence-corrected chi connectivity index (χ0v) is 12.8. The van der Waals surface area contributed by atoms with Crippen molar-refractivity contribution in [3.05, 3.63) is 34.7 Å². The molecule has 7 heteroatoms. The summed E-state index contributed by atoms with van der Waals surface area (Å²) in [6, 6.07) is 4.03. The fourth-order valence-corrected chi connectivity index (χ4v) is 2.29. The Hall–Kier alpha value is -1.76. The first-order valence-corrected chi connectivity index (χ1v) is 8.10. The molecule has 0 aliphatic heterocycles. The van der Waals surface area contributed by atoms with Gasteiger partial charge in [-0.2, -0.15) is 11.8 Å². The van der Waals surface area contributed by atoms with Crippen LogP contribution >= 0.6 is 11.8 Å². The monoisotopic (exact) mass is 312 g/mol. The molecule has 2 N–H and O–H groups in total. The van der Waals surface area contributed by atoms with Crippen LogP contribution in [-0.2, 0) is 16.1 Å². The Morgan fingerprint density at radius 3 is 2.81 bits per heavy atom. The van der Waals surface area contributed by atoms with Crippen molar-refractivity contribution < 1.29 is 14.7 Å². The molecule has 21 heavy (non-hydrogen) atoms. The molecule has 0 bridgehead atoms. The molecule has 1 amide bonds. The van der Waals surface area contributed by atoms with Crippen LogP contribution in [0.4, 0.5) is 0 Å². The molecule has 1 atom stereocenters. The van der Waals surface area contributed by atoms with Gasteiger partial charge in [0.15, 0.2) is 0 Å². The second-order valence-electron chi connectivity index (χ2n) is 4.58. The number of hydrogen-bond donors (Lipinski definition) is 2. The lowest BCUT2D eigenvalue weighted by molar-refractivity contribution is -0.141. The molecule has 0 aliphatic rings. The molecule has 0 radical (unpaired) electrons. The SMILES string of the molecule is CSCCC(NC(=O)CCCn1ccccc1=O)C(=O)O. The number of hydrogen-bond acceptors (Lipinski definition) is 4. The lowest BCUT2D eigenvalue weighted by atomic mass is 10.2. The zero-order valence-electron chi connectivity index (χ0n) is 11.9. The van der Waals surface area contributed by atoms with Gasteiger partial charge in [0.2, 0.25) is 11.5 Å². The molecule has 1 rings (SSSR count). The maximum Gasteiger partial charge on any atom is 0.326 e. The normalized spacial score (nSPS) is 11.9. The van der Waals surface area contributed by atoms with Crippen LogP contribution in [0.3, 0.4) is 0 Å². The molecular formula is C14H20N2O4S. The summed E-state index contributed by atoms with van der Waals surface area (Å²) >= 11 is 1.54. The number of thioether (sulfide) groups is 1. The molecule has 1 heterocycles. The van der Waals surface area contributed by atoms with Gasteiger partial charge in [-0.05, 0) is 30.9 Å². The van der Waals surface area contributed by atoms with Gasteiger partial charge in [-0.3, -0.25) is 9.59 Å². The van der Waals surface area contributed by atoms with E-state index in [1.807, 2.05) is 6.26 Å². The van der Waals surface area contributed by atoms with Crippen LogP contribution in [0.1, 0.15) is 19.3 Å². The van der Waals surface area contributed by atoms with Crippen LogP contribution in [0.2, 0.25) is 0 Å². The van der Waals surface area contributed by atoms with Gasteiger partial charge >= 0.3 is 5.97 Å². The highest BCUT2D eigenvalue weighted by Crippen LogP contribution is 2.02. The van der Waals surface area contributed by atoms with Gasteiger partial charge in [0.1, 0.15) is 6.04 Å². The molecule has 116 valence electrons. The van der Waals surface area contributed by atoms with Crippen molar-refractivity contribution in [1.82, 2.24) is 9.88 Å². The first-order chi connectivity index (χ1) is 10.0. The maximum absolute atomic E-state index is 11.7. The Bertz CT molecular complexity index is 530. The van der Waals surface area contributed by atoms with Gasteiger partial charge in [-0.15, -0.1) is 0 Å². The predicted octanol–water partition coefficient (Wildman–Crippen LogP) is 0.951. The van der Waals surface area contributed by atoms with E-state index in [9.17, 15) is 14.4 Å². The minimum Gasteiger partial charge on any atom is -0.480 e. The van der Waals surface area contributed by atoms with Crippen LogP contribution in [0.5, 0.6) is 0 Å². The molecule has 1 aromatic heterocycles. The summed E-state index contributed by atoms with van der Waals surface area (Å²) in [6.07, 6.45) is 4.65. The lowest BCUT2D eigenvalue weighted by Crippen LogP contribution is -2.41. The van der Waals surface area contributed by atoms with E-state index < -0.39 is 12.0 Å². The number of carboxylic acids is 1. The summed E-state index contributed by atoms with van der Waals surface area (Å²) in [4.78, 5) is 34.2. The number of carbonyl (C=O) groups is 2. The number of nitrogens with one attached hydrogen (secondary N) is 1. The van der Waals surface area contributed by atoms with Crippen molar-refractivity contribution in [3.8, 4) is 0 Å². The smallest absolute Gasteiger partial charge is 0.326 e. The highest BCUT2D eigenvalue weighted by atomic mass is 32.2. The predicted molar refractivity (Wildman–Crippen MR) is 82.5 cm³/mol. The number of pyridine rings is 1. The number of rotatable bonds is 9. The second-order valence-corrected chi connectivity index (χ2v) is 5.56. The number of aromatic nitrogens is 1. The first-order valence-electron chi connectivity index (χ1n) is 6.71. The molecule has 6 nitrogen and oxygen atoms in total. The molecule has 0 fully saturated rings. The van der Waals surface area contributed by atoms with E-state index >= 15 is 0 Å². The first kappa shape index (κ1) is 17.3. The van der Waals surface area contributed by atoms with E-state index in [0.29, 0.717) is 25.1 Å². The fourth-order valence-electron chi connectivity index (χ4n) is 1.81. The largest absolute Gasteiger partial charge is 0.480 e. The minimum absolute atomic E-state index is 0.110. The Morgan fingerprint density at radius 1 is 1.43 bits per heavy atom. The van der Waals surface area contributed by atoms with E-state index in [1.54, 1.807) is 18.3 Å².